The van der Waals surface area contributed by atoms with Crippen LogP contribution >= 0.6 is 11.6 Å². The number of carbonyl (C=O) groups excluding carboxylic acids is 2. The summed E-state index contributed by atoms with van der Waals surface area (Å²) < 4.78 is 5.56. The third-order valence-electron chi connectivity index (χ3n) is 5.31. The molecule has 2 heterocycles. The summed E-state index contributed by atoms with van der Waals surface area (Å²) in [5, 5.41) is 4.44. The molecule has 6 nitrogen and oxygen atoms in total. The van der Waals surface area contributed by atoms with Crippen LogP contribution in [-0.4, -0.2) is 49.4 Å². The van der Waals surface area contributed by atoms with Gasteiger partial charge in [-0.3, -0.25) is 9.59 Å². The molecule has 0 atom stereocenters. The molecule has 0 spiro atoms. The highest BCUT2D eigenvalue weighted by atomic mass is 35.5. The van der Waals surface area contributed by atoms with Crippen LogP contribution in [-0.2, 0) is 4.79 Å². The van der Waals surface area contributed by atoms with Gasteiger partial charge in [0.15, 0.2) is 5.76 Å². The van der Waals surface area contributed by atoms with Gasteiger partial charge in [0.1, 0.15) is 5.58 Å². The van der Waals surface area contributed by atoms with Crippen molar-refractivity contribution in [3.8, 4) is 0 Å². The van der Waals surface area contributed by atoms with Crippen molar-refractivity contribution in [3.63, 3.8) is 0 Å². The predicted molar refractivity (Wildman–Crippen MR) is 118 cm³/mol. The number of piperazine rings is 1. The summed E-state index contributed by atoms with van der Waals surface area (Å²) in [5.74, 6) is 0.159. The minimum Gasteiger partial charge on any atom is -0.451 e. The van der Waals surface area contributed by atoms with Crippen molar-refractivity contribution in [1.29, 1.82) is 0 Å². The van der Waals surface area contributed by atoms with Crippen molar-refractivity contribution in [2.24, 2.45) is 0 Å². The van der Waals surface area contributed by atoms with E-state index in [1.807, 2.05) is 53.4 Å². The number of rotatable bonds is 6. The van der Waals surface area contributed by atoms with E-state index >= 15 is 0 Å². The summed E-state index contributed by atoms with van der Waals surface area (Å²) in [6.07, 6.45) is 1.01. The smallest absolute Gasteiger partial charge is 0.287 e. The number of benzene rings is 2. The lowest BCUT2D eigenvalue weighted by Gasteiger charge is -2.36. The molecule has 7 heteroatoms. The predicted octanol–water partition coefficient (Wildman–Crippen LogP) is 3.95. The molecule has 1 aliphatic rings. The molecule has 0 saturated carbocycles. The second kappa shape index (κ2) is 9.22. The number of nitrogens with zero attached hydrogens (tertiary/aromatic N) is 2. The highest BCUT2D eigenvalue weighted by molar-refractivity contribution is 6.30. The Labute approximate surface area is 180 Å². The average molecular weight is 426 g/mol. The Hall–Kier alpha value is -2.99. The molecule has 1 aliphatic heterocycles. The van der Waals surface area contributed by atoms with Crippen LogP contribution in [0.15, 0.2) is 59.0 Å². The lowest BCUT2D eigenvalue weighted by Crippen LogP contribution is -2.48. The van der Waals surface area contributed by atoms with Crippen molar-refractivity contribution in [2.45, 2.75) is 12.8 Å². The van der Waals surface area contributed by atoms with Crippen molar-refractivity contribution in [3.05, 3.63) is 65.4 Å². The number of para-hydroxylation sites is 1. The van der Waals surface area contributed by atoms with Crippen LogP contribution in [0.5, 0.6) is 0 Å². The van der Waals surface area contributed by atoms with Gasteiger partial charge < -0.3 is 19.5 Å². The molecule has 3 aromatic rings. The maximum Gasteiger partial charge on any atom is 0.287 e. The van der Waals surface area contributed by atoms with E-state index in [0.717, 1.165) is 29.2 Å². The summed E-state index contributed by atoms with van der Waals surface area (Å²) >= 11 is 6.07. The van der Waals surface area contributed by atoms with Gasteiger partial charge in [-0.1, -0.05) is 35.9 Å². The first-order valence-electron chi connectivity index (χ1n) is 10.2. The number of hydrogen-bond donors (Lipinski definition) is 1. The van der Waals surface area contributed by atoms with Gasteiger partial charge in [0.05, 0.1) is 0 Å². The fourth-order valence-electron chi connectivity index (χ4n) is 3.67. The van der Waals surface area contributed by atoms with Crippen LogP contribution in [0.3, 0.4) is 0 Å². The van der Waals surface area contributed by atoms with Gasteiger partial charge >= 0.3 is 0 Å². The lowest BCUT2D eigenvalue weighted by atomic mass is 10.2. The largest absolute Gasteiger partial charge is 0.451 e. The summed E-state index contributed by atoms with van der Waals surface area (Å²) in [6, 6.07) is 17.0. The Bertz CT molecular complexity index is 1010. The quantitative estimate of drug-likeness (QED) is 0.607. The molecule has 0 radical (unpaired) electrons. The molecule has 1 saturated heterocycles. The first-order valence-corrected chi connectivity index (χ1v) is 10.5. The van der Waals surface area contributed by atoms with Crippen LogP contribution in [0.4, 0.5) is 5.69 Å². The van der Waals surface area contributed by atoms with Crippen LogP contribution in [0.2, 0.25) is 5.02 Å². The molecule has 2 aromatic carbocycles. The number of amides is 2. The highest BCUT2D eigenvalue weighted by Gasteiger charge is 2.21. The summed E-state index contributed by atoms with van der Waals surface area (Å²) in [6.45, 7) is 3.39. The van der Waals surface area contributed by atoms with Crippen LogP contribution in [0, 0.1) is 0 Å². The first-order chi connectivity index (χ1) is 14.6. The Morgan fingerprint density at radius 1 is 1.00 bits per heavy atom. The van der Waals surface area contributed by atoms with Gasteiger partial charge in [0.2, 0.25) is 5.91 Å². The molecule has 2 amide bonds. The first kappa shape index (κ1) is 20.3. The number of halogens is 1. The molecule has 0 aliphatic carbocycles. The minimum absolute atomic E-state index is 0.124. The third-order valence-corrected chi connectivity index (χ3v) is 5.54. The lowest BCUT2D eigenvalue weighted by molar-refractivity contribution is -0.131. The third kappa shape index (κ3) is 4.76. The van der Waals surface area contributed by atoms with E-state index in [9.17, 15) is 9.59 Å². The average Bonchev–Trinajstić information content (AvgIpc) is 3.21. The van der Waals surface area contributed by atoms with Gasteiger partial charge in [0.25, 0.3) is 5.91 Å². The van der Waals surface area contributed by atoms with Crippen LogP contribution < -0.4 is 10.2 Å². The van der Waals surface area contributed by atoms with Crippen LogP contribution in [0.1, 0.15) is 23.4 Å². The van der Waals surface area contributed by atoms with Gasteiger partial charge in [-0.05, 0) is 36.8 Å². The highest BCUT2D eigenvalue weighted by Crippen LogP contribution is 2.21. The Morgan fingerprint density at radius 2 is 1.80 bits per heavy atom. The van der Waals surface area contributed by atoms with E-state index in [-0.39, 0.29) is 11.8 Å². The molecule has 1 aromatic heterocycles. The second-order valence-corrected chi connectivity index (χ2v) is 7.79. The monoisotopic (exact) mass is 425 g/mol. The van der Waals surface area contributed by atoms with Gasteiger partial charge in [-0.15, -0.1) is 0 Å². The zero-order valence-electron chi connectivity index (χ0n) is 16.6. The van der Waals surface area contributed by atoms with E-state index in [2.05, 4.69) is 10.2 Å². The molecule has 30 heavy (non-hydrogen) atoms. The number of fused-ring (bicyclic) bond motifs is 1. The summed E-state index contributed by atoms with van der Waals surface area (Å²) in [4.78, 5) is 28.9. The van der Waals surface area contributed by atoms with Crippen molar-refractivity contribution >= 4 is 40.1 Å². The van der Waals surface area contributed by atoms with E-state index < -0.39 is 0 Å². The van der Waals surface area contributed by atoms with Crippen molar-refractivity contribution in [2.75, 3.05) is 37.6 Å². The number of anilines is 1. The molecule has 156 valence electrons. The van der Waals surface area contributed by atoms with Gasteiger partial charge in [-0.25, -0.2) is 0 Å². The SMILES string of the molecule is O=C(NCCCC(=O)N1CCN(c2cccc(Cl)c2)CC1)c1cc2ccccc2o1. The molecule has 0 unspecified atom stereocenters. The Morgan fingerprint density at radius 3 is 2.57 bits per heavy atom. The van der Waals surface area contributed by atoms with E-state index in [1.54, 1.807) is 6.07 Å². The zero-order valence-corrected chi connectivity index (χ0v) is 17.4. The fraction of sp³-hybridized carbons (Fsp3) is 0.304. The maximum atomic E-state index is 12.5. The maximum absolute atomic E-state index is 12.5. The van der Waals surface area contributed by atoms with Crippen molar-refractivity contribution in [1.82, 2.24) is 10.2 Å². The number of furan rings is 1. The topological polar surface area (TPSA) is 65.8 Å². The summed E-state index contributed by atoms with van der Waals surface area (Å²) in [5.41, 5.74) is 1.78. The van der Waals surface area contributed by atoms with E-state index in [1.165, 1.54) is 0 Å². The van der Waals surface area contributed by atoms with Gasteiger partial charge in [-0.2, -0.15) is 0 Å². The normalized spacial score (nSPS) is 14.2. The number of carbonyl (C=O) groups is 2. The number of nitrogens with one attached hydrogen (secondary N) is 1. The molecule has 1 fully saturated rings. The Balaban J connectivity index is 1.18. The Kier molecular flexibility index (Phi) is 6.23. The van der Waals surface area contributed by atoms with E-state index in [0.29, 0.717) is 43.8 Å². The van der Waals surface area contributed by atoms with E-state index in [4.69, 9.17) is 16.0 Å². The second-order valence-electron chi connectivity index (χ2n) is 7.36. The standard InChI is InChI=1S/C23H24ClN3O3/c24-18-6-3-7-19(16-18)26-11-13-27(14-12-26)22(28)9-4-10-25-23(29)21-15-17-5-1-2-8-20(17)30-21/h1-3,5-8,15-16H,4,9-14H2,(H,25,29). The summed E-state index contributed by atoms with van der Waals surface area (Å²) in [7, 11) is 0. The zero-order chi connectivity index (χ0) is 20.9. The van der Waals surface area contributed by atoms with Crippen LogP contribution in [0.25, 0.3) is 11.0 Å². The van der Waals surface area contributed by atoms with Gasteiger partial charge in [0, 0.05) is 55.2 Å². The minimum atomic E-state index is -0.256. The number of hydrogen-bond acceptors (Lipinski definition) is 4. The van der Waals surface area contributed by atoms with Crippen molar-refractivity contribution < 1.29 is 14.0 Å². The fourth-order valence-corrected chi connectivity index (χ4v) is 3.85. The molecular weight excluding hydrogens is 402 g/mol. The molecule has 4 rings (SSSR count). The molecule has 0 bridgehead atoms. The molecular formula is C23H24ClN3O3. The molecule has 1 N–H and O–H groups in total.